The maximum absolute atomic E-state index is 13.0. The lowest BCUT2D eigenvalue weighted by molar-refractivity contribution is -0.148. The van der Waals surface area contributed by atoms with Crippen molar-refractivity contribution in [3.05, 3.63) is 47.8 Å². The molecule has 3 aliphatic heterocycles. The summed E-state index contributed by atoms with van der Waals surface area (Å²) >= 11 is 0. The molecule has 4 rings (SSSR count). The molecule has 0 aromatic heterocycles. The second kappa shape index (κ2) is 4.39. The van der Waals surface area contributed by atoms with Gasteiger partial charge in [-0.1, -0.05) is 24.3 Å². The fourth-order valence-corrected chi connectivity index (χ4v) is 3.80. The molecule has 114 valence electrons. The van der Waals surface area contributed by atoms with Gasteiger partial charge < -0.3 is 14.7 Å². The Balaban J connectivity index is 1.61. The van der Waals surface area contributed by atoms with E-state index in [1.165, 1.54) is 12.1 Å². The number of rotatable bonds is 3. The van der Waals surface area contributed by atoms with Gasteiger partial charge in [-0.25, -0.2) is 4.39 Å². The first-order valence-corrected chi connectivity index (χ1v) is 7.13. The number of fused-ring (bicyclic) bond motifs is 1. The minimum atomic E-state index is -1.00. The van der Waals surface area contributed by atoms with Crippen molar-refractivity contribution in [2.24, 2.45) is 11.8 Å². The largest absolute Gasteiger partial charge is 0.481 e. The smallest absolute Gasteiger partial charge is 0.310 e. The van der Waals surface area contributed by atoms with Crippen molar-refractivity contribution in [1.82, 2.24) is 4.90 Å². The van der Waals surface area contributed by atoms with Crippen LogP contribution >= 0.6 is 0 Å². The lowest BCUT2D eigenvalue weighted by Gasteiger charge is -2.21. The lowest BCUT2D eigenvalue weighted by Crippen LogP contribution is -2.39. The van der Waals surface area contributed by atoms with Gasteiger partial charge in [-0.05, 0) is 17.7 Å². The Labute approximate surface area is 126 Å². The van der Waals surface area contributed by atoms with Crippen molar-refractivity contribution >= 4 is 11.9 Å². The van der Waals surface area contributed by atoms with Crippen molar-refractivity contribution < 1.29 is 23.8 Å². The molecule has 0 unspecified atom stereocenters. The predicted octanol–water partition coefficient (Wildman–Crippen LogP) is 1.19. The summed E-state index contributed by atoms with van der Waals surface area (Å²) in [6.45, 7) is 0.663. The molecule has 4 atom stereocenters. The Morgan fingerprint density at radius 3 is 2.82 bits per heavy atom. The molecule has 1 spiro atoms. The molecule has 2 saturated heterocycles. The molecule has 3 heterocycles. The van der Waals surface area contributed by atoms with Crippen LogP contribution in [0.4, 0.5) is 4.39 Å². The Morgan fingerprint density at radius 2 is 2.14 bits per heavy atom. The first kappa shape index (κ1) is 13.5. The van der Waals surface area contributed by atoms with Gasteiger partial charge >= 0.3 is 5.97 Å². The summed E-state index contributed by atoms with van der Waals surface area (Å²) < 4.78 is 18.8. The summed E-state index contributed by atoms with van der Waals surface area (Å²) in [6.07, 6.45) is 3.05. The molecular weight excluding hydrogens is 289 g/mol. The molecule has 0 saturated carbocycles. The molecule has 1 aromatic carbocycles. The van der Waals surface area contributed by atoms with E-state index in [0.717, 1.165) is 5.56 Å². The number of carbonyl (C=O) groups is 2. The zero-order chi connectivity index (χ0) is 15.5. The molecule has 1 aromatic rings. The van der Waals surface area contributed by atoms with Crippen molar-refractivity contribution in [3.63, 3.8) is 0 Å². The number of nitrogens with zero attached hydrogens (tertiary/aromatic N) is 1. The van der Waals surface area contributed by atoms with Crippen LogP contribution in [-0.4, -0.2) is 40.1 Å². The molecule has 5 nitrogen and oxygen atoms in total. The third kappa shape index (κ3) is 1.73. The van der Waals surface area contributed by atoms with E-state index in [1.807, 2.05) is 6.08 Å². The number of hydrogen-bond acceptors (Lipinski definition) is 3. The number of likely N-dealkylation sites (tertiary alicyclic amines) is 1. The Kier molecular flexibility index (Phi) is 2.69. The van der Waals surface area contributed by atoms with Crippen LogP contribution in [0.3, 0.4) is 0 Å². The van der Waals surface area contributed by atoms with Crippen LogP contribution in [0, 0.1) is 17.7 Å². The first-order chi connectivity index (χ1) is 10.5. The van der Waals surface area contributed by atoms with Crippen molar-refractivity contribution in [2.45, 2.75) is 18.2 Å². The Hall–Kier alpha value is -2.21. The Morgan fingerprint density at radius 1 is 1.41 bits per heavy atom. The number of halogens is 1. The highest BCUT2D eigenvalue weighted by atomic mass is 19.1. The van der Waals surface area contributed by atoms with Crippen molar-refractivity contribution in [3.8, 4) is 0 Å². The van der Waals surface area contributed by atoms with Crippen LogP contribution in [0.2, 0.25) is 0 Å². The topological polar surface area (TPSA) is 66.8 Å². The second-order valence-corrected chi connectivity index (χ2v) is 6.06. The average molecular weight is 303 g/mol. The predicted molar refractivity (Wildman–Crippen MR) is 73.2 cm³/mol. The maximum atomic E-state index is 13.0. The average Bonchev–Trinajstić information content (AvgIpc) is 3.10. The van der Waals surface area contributed by atoms with Crippen LogP contribution in [0.1, 0.15) is 5.56 Å². The molecule has 0 aliphatic carbocycles. The third-order valence-electron chi connectivity index (χ3n) is 4.75. The summed E-state index contributed by atoms with van der Waals surface area (Å²) in [5, 5.41) is 9.38. The third-order valence-corrected chi connectivity index (χ3v) is 4.75. The van der Waals surface area contributed by atoms with Gasteiger partial charge in [0.15, 0.2) is 0 Å². The lowest BCUT2D eigenvalue weighted by atomic mass is 9.77. The number of benzene rings is 1. The number of ether oxygens (including phenoxy) is 1. The zero-order valence-corrected chi connectivity index (χ0v) is 11.6. The standard InChI is InChI=1S/C16H14FNO4/c17-10-3-1-9(2-4-10)7-18-8-16-6-5-11(22-16)12(15(20)21)13(16)14(18)19/h1-6,11-13H,7-8H2,(H,20,21)/t11-,12+,13-,16+/m1/s1. The maximum Gasteiger partial charge on any atom is 0.310 e. The number of carboxylic acids is 1. The Bertz CT molecular complexity index is 686. The second-order valence-electron chi connectivity index (χ2n) is 6.06. The van der Waals surface area contributed by atoms with Gasteiger partial charge in [0.2, 0.25) is 5.91 Å². The summed E-state index contributed by atoms with van der Waals surface area (Å²) in [4.78, 5) is 25.7. The fraction of sp³-hybridized carbons (Fsp3) is 0.375. The van der Waals surface area contributed by atoms with Crippen LogP contribution in [0.15, 0.2) is 36.4 Å². The molecule has 3 aliphatic rings. The van der Waals surface area contributed by atoms with E-state index < -0.39 is 29.5 Å². The first-order valence-electron chi connectivity index (χ1n) is 7.13. The van der Waals surface area contributed by atoms with E-state index in [0.29, 0.717) is 13.1 Å². The van der Waals surface area contributed by atoms with E-state index >= 15 is 0 Å². The van der Waals surface area contributed by atoms with Gasteiger partial charge in [0, 0.05) is 6.54 Å². The molecule has 2 bridgehead atoms. The van der Waals surface area contributed by atoms with Gasteiger partial charge in [-0.2, -0.15) is 0 Å². The van der Waals surface area contributed by atoms with E-state index in [2.05, 4.69) is 0 Å². The monoisotopic (exact) mass is 303 g/mol. The van der Waals surface area contributed by atoms with E-state index in [-0.39, 0.29) is 11.7 Å². The molecule has 6 heteroatoms. The number of carbonyl (C=O) groups excluding carboxylic acids is 1. The fourth-order valence-electron chi connectivity index (χ4n) is 3.80. The quantitative estimate of drug-likeness (QED) is 0.852. The van der Waals surface area contributed by atoms with Crippen molar-refractivity contribution in [2.75, 3.05) is 6.54 Å². The van der Waals surface area contributed by atoms with Gasteiger partial charge in [0.05, 0.1) is 18.6 Å². The van der Waals surface area contributed by atoms with E-state index in [9.17, 15) is 19.1 Å². The number of amides is 1. The summed E-state index contributed by atoms with van der Waals surface area (Å²) in [5.74, 6) is -3.03. The van der Waals surface area contributed by atoms with Crippen LogP contribution in [0.5, 0.6) is 0 Å². The van der Waals surface area contributed by atoms with Crippen LogP contribution in [-0.2, 0) is 20.9 Å². The minimum absolute atomic E-state index is 0.205. The summed E-state index contributed by atoms with van der Waals surface area (Å²) in [7, 11) is 0. The van der Waals surface area contributed by atoms with Gasteiger partial charge in [0.1, 0.15) is 17.3 Å². The SMILES string of the molecule is O=C(O)[C@H]1[C@H]2C=C[C@@]3(CN(Cc4ccc(F)cc4)C(=O)[C@@H]13)O2. The van der Waals surface area contributed by atoms with Gasteiger partial charge in [-0.15, -0.1) is 0 Å². The van der Waals surface area contributed by atoms with E-state index in [1.54, 1.807) is 23.1 Å². The molecule has 1 amide bonds. The highest BCUT2D eigenvalue weighted by Crippen LogP contribution is 2.52. The molecule has 22 heavy (non-hydrogen) atoms. The van der Waals surface area contributed by atoms with Gasteiger partial charge in [0.25, 0.3) is 0 Å². The molecule has 0 radical (unpaired) electrons. The zero-order valence-electron chi connectivity index (χ0n) is 11.6. The summed E-state index contributed by atoms with van der Waals surface area (Å²) in [6, 6.07) is 5.93. The highest BCUT2D eigenvalue weighted by molar-refractivity contribution is 5.90. The van der Waals surface area contributed by atoms with Crippen molar-refractivity contribution in [1.29, 1.82) is 0 Å². The van der Waals surface area contributed by atoms with Crippen LogP contribution in [0.25, 0.3) is 0 Å². The molecule has 2 fully saturated rings. The molecule has 1 N–H and O–H groups in total. The minimum Gasteiger partial charge on any atom is -0.481 e. The number of carboxylic acid groups (broad SMARTS) is 1. The van der Waals surface area contributed by atoms with E-state index in [4.69, 9.17) is 4.74 Å². The normalized spacial score (nSPS) is 35.2. The molecular formula is C16H14FNO4. The number of aliphatic carboxylic acids is 1. The van der Waals surface area contributed by atoms with Gasteiger partial charge in [-0.3, -0.25) is 9.59 Å². The number of hydrogen-bond donors (Lipinski definition) is 1. The van der Waals surface area contributed by atoms with Crippen LogP contribution < -0.4 is 0 Å². The highest BCUT2D eigenvalue weighted by Gasteiger charge is 2.66. The summed E-state index contributed by atoms with van der Waals surface area (Å²) in [5.41, 5.74) is -0.0123.